The summed E-state index contributed by atoms with van der Waals surface area (Å²) in [6.45, 7) is 2.15. The van der Waals surface area contributed by atoms with Gasteiger partial charge in [0.2, 0.25) is 0 Å². The smallest absolute Gasteiger partial charge is 0.317 e. The largest absolute Gasteiger partial charge is 0.480 e. The summed E-state index contributed by atoms with van der Waals surface area (Å²) < 4.78 is 0. The normalized spacial score (nSPS) is 24.1. The number of piperidine rings is 1. The summed E-state index contributed by atoms with van der Waals surface area (Å²) >= 11 is 0. The molecule has 1 saturated heterocycles. The third kappa shape index (κ3) is 3.64. The highest BCUT2D eigenvalue weighted by Crippen LogP contribution is 2.15. The fraction of sp³-hybridized carbons (Fsp3) is 0.900. The second kappa shape index (κ2) is 5.32. The van der Waals surface area contributed by atoms with E-state index in [2.05, 4.69) is 11.9 Å². The number of carboxylic acids is 1. The summed E-state index contributed by atoms with van der Waals surface area (Å²) in [4.78, 5) is 14.7. The fourth-order valence-electron chi connectivity index (χ4n) is 2.03. The van der Waals surface area contributed by atoms with E-state index in [0.29, 0.717) is 6.04 Å². The predicted octanol–water partition coefficient (Wildman–Crippen LogP) is 0.487. The molecule has 1 heterocycles. The lowest BCUT2D eigenvalue weighted by Gasteiger charge is -2.34. The lowest BCUT2D eigenvalue weighted by molar-refractivity contribution is -0.138. The number of carbonyl (C=O) groups is 1. The minimum atomic E-state index is -0.744. The molecule has 0 saturated carbocycles. The third-order valence-corrected chi connectivity index (χ3v) is 2.85. The maximum Gasteiger partial charge on any atom is 0.317 e. The Morgan fingerprint density at radius 3 is 2.86 bits per heavy atom. The molecule has 14 heavy (non-hydrogen) atoms. The highest BCUT2D eigenvalue weighted by atomic mass is 16.4. The van der Waals surface area contributed by atoms with Crippen molar-refractivity contribution < 1.29 is 9.90 Å². The van der Waals surface area contributed by atoms with Gasteiger partial charge in [0, 0.05) is 12.6 Å². The third-order valence-electron chi connectivity index (χ3n) is 2.85. The summed E-state index contributed by atoms with van der Waals surface area (Å²) in [5.41, 5.74) is 0. The Bertz CT molecular complexity index is 197. The lowest BCUT2D eigenvalue weighted by atomic mass is 10.0. The second-order valence-electron chi connectivity index (χ2n) is 4.22. The minimum absolute atomic E-state index is 0.143. The molecule has 1 fully saturated rings. The van der Waals surface area contributed by atoms with E-state index in [-0.39, 0.29) is 6.54 Å². The van der Waals surface area contributed by atoms with E-state index in [9.17, 15) is 4.79 Å². The van der Waals surface area contributed by atoms with Crippen molar-refractivity contribution in [3.8, 4) is 0 Å². The molecule has 1 rings (SSSR count). The first kappa shape index (κ1) is 11.5. The first-order chi connectivity index (χ1) is 6.59. The number of carboxylic acid groups (broad SMARTS) is 1. The fourth-order valence-corrected chi connectivity index (χ4v) is 2.03. The number of hydrogen-bond acceptors (Lipinski definition) is 3. The maximum absolute atomic E-state index is 10.5. The Morgan fingerprint density at radius 2 is 2.29 bits per heavy atom. The van der Waals surface area contributed by atoms with Crippen molar-refractivity contribution in [3.05, 3.63) is 0 Å². The van der Waals surface area contributed by atoms with Gasteiger partial charge in [-0.25, -0.2) is 0 Å². The summed E-state index contributed by atoms with van der Waals surface area (Å²) in [6.07, 6.45) is 3.74. The zero-order valence-electron chi connectivity index (χ0n) is 9.07. The number of likely N-dealkylation sites (tertiary alicyclic amines) is 1. The molecule has 1 atom stereocenters. The van der Waals surface area contributed by atoms with Gasteiger partial charge >= 0.3 is 5.97 Å². The van der Waals surface area contributed by atoms with Gasteiger partial charge in [-0.1, -0.05) is 6.42 Å². The Morgan fingerprint density at radius 1 is 1.57 bits per heavy atom. The van der Waals surface area contributed by atoms with Crippen LogP contribution in [0.5, 0.6) is 0 Å². The molecule has 0 radical (unpaired) electrons. The molecule has 1 aliphatic heterocycles. The highest BCUT2D eigenvalue weighted by Gasteiger charge is 2.20. The van der Waals surface area contributed by atoms with E-state index in [4.69, 9.17) is 5.11 Å². The van der Waals surface area contributed by atoms with Crippen molar-refractivity contribution in [2.75, 3.05) is 33.7 Å². The van der Waals surface area contributed by atoms with E-state index >= 15 is 0 Å². The molecule has 0 unspecified atom stereocenters. The zero-order chi connectivity index (χ0) is 10.6. The average molecular weight is 200 g/mol. The Kier molecular flexibility index (Phi) is 4.35. The van der Waals surface area contributed by atoms with Gasteiger partial charge < -0.3 is 10.0 Å². The van der Waals surface area contributed by atoms with E-state index in [1.165, 1.54) is 19.3 Å². The van der Waals surface area contributed by atoms with Crippen molar-refractivity contribution in [2.24, 2.45) is 0 Å². The van der Waals surface area contributed by atoms with Crippen LogP contribution in [-0.4, -0.2) is 60.6 Å². The van der Waals surface area contributed by atoms with Crippen LogP contribution in [0, 0.1) is 0 Å². The molecule has 1 N–H and O–H groups in total. The molecule has 0 amide bonds. The standard InChI is InChI=1S/C10H20N2O2/c1-11(8-10(13)14)7-9-5-3-4-6-12(9)2/h9H,3-8H2,1-2H3,(H,13,14)/t9-/m0/s1. The van der Waals surface area contributed by atoms with Crippen molar-refractivity contribution in [2.45, 2.75) is 25.3 Å². The first-order valence-corrected chi connectivity index (χ1v) is 5.20. The Balaban J connectivity index is 2.30. The monoisotopic (exact) mass is 200 g/mol. The molecule has 0 bridgehead atoms. The van der Waals surface area contributed by atoms with Crippen LogP contribution >= 0.6 is 0 Å². The number of likely N-dealkylation sites (N-methyl/N-ethyl adjacent to an activating group) is 2. The predicted molar refractivity (Wildman–Crippen MR) is 55.4 cm³/mol. The van der Waals surface area contributed by atoms with Gasteiger partial charge in [-0.05, 0) is 33.5 Å². The van der Waals surface area contributed by atoms with Gasteiger partial charge in [0.1, 0.15) is 0 Å². The molecule has 0 aromatic carbocycles. The van der Waals surface area contributed by atoms with Crippen LogP contribution in [0.15, 0.2) is 0 Å². The van der Waals surface area contributed by atoms with E-state index < -0.39 is 5.97 Å². The van der Waals surface area contributed by atoms with Gasteiger partial charge in [-0.2, -0.15) is 0 Å². The van der Waals surface area contributed by atoms with Gasteiger partial charge in [0.25, 0.3) is 0 Å². The molecule has 0 aromatic heterocycles. The number of hydrogen-bond donors (Lipinski definition) is 1. The molecule has 0 aromatic rings. The minimum Gasteiger partial charge on any atom is -0.480 e. The average Bonchev–Trinajstić information content (AvgIpc) is 2.07. The first-order valence-electron chi connectivity index (χ1n) is 5.20. The van der Waals surface area contributed by atoms with Gasteiger partial charge in [-0.3, -0.25) is 9.69 Å². The molecule has 82 valence electrons. The van der Waals surface area contributed by atoms with Crippen LogP contribution in [0.3, 0.4) is 0 Å². The Hall–Kier alpha value is -0.610. The van der Waals surface area contributed by atoms with Crippen molar-refractivity contribution in [3.63, 3.8) is 0 Å². The maximum atomic E-state index is 10.5. The summed E-state index contributed by atoms with van der Waals surface area (Å²) in [5.74, 6) is -0.744. The summed E-state index contributed by atoms with van der Waals surface area (Å²) in [5, 5.41) is 8.62. The van der Waals surface area contributed by atoms with Crippen LogP contribution in [0.4, 0.5) is 0 Å². The quantitative estimate of drug-likeness (QED) is 0.717. The summed E-state index contributed by atoms with van der Waals surface area (Å²) in [6, 6.07) is 0.535. The van der Waals surface area contributed by atoms with E-state index in [1.807, 2.05) is 11.9 Å². The van der Waals surface area contributed by atoms with Crippen LogP contribution in [-0.2, 0) is 4.79 Å². The second-order valence-corrected chi connectivity index (χ2v) is 4.22. The highest BCUT2D eigenvalue weighted by molar-refractivity contribution is 5.69. The molecular formula is C10H20N2O2. The molecule has 4 nitrogen and oxygen atoms in total. The van der Waals surface area contributed by atoms with Crippen LogP contribution < -0.4 is 0 Å². The molecule has 0 aliphatic carbocycles. The zero-order valence-corrected chi connectivity index (χ0v) is 9.07. The van der Waals surface area contributed by atoms with Crippen molar-refractivity contribution >= 4 is 5.97 Å². The van der Waals surface area contributed by atoms with Crippen molar-refractivity contribution in [1.82, 2.24) is 9.80 Å². The van der Waals surface area contributed by atoms with Crippen LogP contribution in [0.1, 0.15) is 19.3 Å². The number of nitrogens with zero attached hydrogens (tertiary/aromatic N) is 2. The topological polar surface area (TPSA) is 43.8 Å². The van der Waals surface area contributed by atoms with Gasteiger partial charge in [0.05, 0.1) is 6.54 Å². The van der Waals surface area contributed by atoms with E-state index in [0.717, 1.165) is 13.1 Å². The SMILES string of the molecule is CN(CC(=O)O)C[C@@H]1CCCCN1C. The van der Waals surface area contributed by atoms with Crippen LogP contribution in [0.2, 0.25) is 0 Å². The molecule has 4 heteroatoms. The number of rotatable bonds is 4. The lowest BCUT2D eigenvalue weighted by Crippen LogP contribution is -2.44. The molecular weight excluding hydrogens is 180 g/mol. The van der Waals surface area contributed by atoms with E-state index in [1.54, 1.807) is 0 Å². The molecule has 1 aliphatic rings. The Labute approximate surface area is 85.5 Å². The van der Waals surface area contributed by atoms with Crippen LogP contribution in [0.25, 0.3) is 0 Å². The van der Waals surface area contributed by atoms with Gasteiger partial charge in [0.15, 0.2) is 0 Å². The summed E-state index contributed by atoms with van der Waals surface area (Å²) in [7, 11) is 4.00. The van der Waals surface area contributed by atoms with Gasteiger partial charge in [-0.15, -0.1) is 0 Å². The number of aliphatic carboxylic acids is 1. The van der Waals surface area contributed by atoms with Crippen molar-refractivity contribution in [1.29, 1.82) is 0 Å². The molecule has 0 spiro atoms.